The molecule has 2 nitrogen and oxygen atoms in total. The Morgan fingerprint density at radius 2 is 2.33 bits per heavy atom. The molecule has 2 aromatic heterocycles. The smallest absolute Gasteiger partial charge is 0.131 e. The van der Waals surface area contributed by atoms with E-state index in [0.29, 0.717) is 4.83 Å². The fourth-order valence-electron chi connectivity index (χ4n) is 1.20. The molecule has 1 unspecified atom stereocenters. The summed E-state index contributed by atoms with van der Waals surface area (Å²) in [5.74, 6) is 0. The molecule has 0 radical (unpaired) electrons. The van der Waals surface area contributed by atoms with E-state index in [1.807, 2.05) is 0 Å². The topological polar surface area (TPSA) is 25.8 Å². The van der Waals surface area contributed by atoms with Gasteiger partial charge in [-0.15, -0.1) is 21.5 Å². The third kappa shape index (κ3) is 2.86. The first kappa shape index (κ1) is 11.2. The molecule has 2 heterocycles. The highest BCUT2D eigenvalue weighted by molar-refractivity contribution is 9.09. The number of nitrogens with zero attached hydrogens (tertiary/aromatic N) is 2. The Balaban J connectivity index is 2.07. The van der Waals surface area contributed by atoms with Crippen LogP contribution < -0.4 is 0 Å². The van der Waals surface area contributed by atoms with E-state index in [1.165, 1.54) is 4.88 Å². The van der Waals surface area contributed by atoms with Crippen molar-refractivity contribution >= 4 is 38.6 Å². The molecule has 80 valence electrons. The molecule has 1 atom stereocenters. The highest BCUT2D eigenvalue weighted by atomic mass is 79.9. The SMILES string of the molecule is CCC(Br)c1nnc(Cc2cccs2)s1. The van der Waals surface area contributed by atoms with Crippen LogP contribution in [0.25, 0.3) is 0 Å². The van der Waals surface area contributed by atoms with Gasteiger partial charge in [0, 0.05) is 11.3 Å². The summed E-state index contributed by atoms with van der Waals surface area (Å²) in [5, 5.41) is 12.7. The van der Waals surface area contributed by atoms with E-state index >= 15 is 0 Å². The van der Waals surface area contributed by atoms with Crippen molar-refractivity contribution in [2.75, 3.05) is 0 Å². The lowest BCUT2D eigenvalue weighted by Gasteiger charge is -1.97. The lowest BCUT2D eigenvalue weighted by atomic mass is 10.4. The molecule has 0 saturated carbocycles. The van der Waals surface area contributed by atoms with E-state index in [4.69, 9.17) is 0 Å². The van der Waals surface area contributed by atoms with Crippen molar-refractivity contribution in [3.05, 3.63) is 32.4 Å². The zero-order chi connectivity index (χ0) is 10.7. The van der Waals surface area contributed by atoms with Gasteiger partial charge in [0.1, 0.15) is 10.0 Å². The average Bonchev–Trinajstić information content (AvgIpc) is 2.88. The second-order valence-corrected chi connectivity index (χ2v) is 6.40. The standard InChI is InChI=1S/C10H11BrN2S2/c1-2-8(11)10-13-12-9(15-10)6-7-4-3-5-14-7/h3-5,8H,2,6H2,1H3. The van der Waals surface area contributed by atoms with Crippen molar-refractivity contribution in [2.24, 2.45) is 0 Å². The molecular formula is C10H11BrN2S2. The number of aromatic nitrogens is 2. The summed E-state index contributed by atoms with van der Waals surface area (Å²) in [6.07, 6.45) is 1.96. The Bertz CT molecular complexity index is 411. The van der Waals surface area contributed by atoms with Crippen LogP contribution in [0.4, 0.5) is 0 Å². The van der Waals surface area contributed by atoms with Gasteiger partial charge in [-0.05, 0) is 17.9 Å². The minimum absolute atomic E-state index is 0.354. The molecule has 0 amide bonds. The fourth-order valence-corrected chi connectivity index (χ4v) is 3.30. The first-order valence-electron chi connectivity index (χ1n) is 4.78. The molecular weight excluding hydrogens is 292 g/mol. The maximum absolute atomic E-state index is 4.21. The molecule has 15 heavy (non-hydrogen) atoms. The van der Waals surface area contributed by atoms with Gasteiger partial charge in [0.25, 0.3) is 0 Å². The lowest BCUT2D eigenvalue weighted by Crippen LogP contribution is -1.85. The van der Waals surface area contributed by atoms with Gasteiger partial charge in [-0.2, -0.15) is 0 Å². The highest BCUT2D eigenvalue weighted by Gasteiger charge is 2.11. The Hall–Kier alpha value is -0.260. The quantitative estimate of drug-likeness (QED) is 0.797. The van der Waals surface area contributed by atoms with Gasteiger partial charge in [-0.1, -0.05) is 40.3 Å². The molecule has 0 aliphatic carbocycles. The second-order valence-electron chi connectivity index (χ2n) is 3.17. The molecule has 0 N–H and O–H groups in total. The van der Waals surface area contributed by atoms with Gasteiger partial charge in [0.15, 0.2) is 0 Å². The van der Waals surface area contributed by atoms with Crippen LogP contribution >= 0.6 is 38.6 Å². The molecule has 0 saturated heterocycles. The molecule has 0 aliphatic heterocycles. The van der Waals surface area contributed by atoms with E-state index in [1.54, 1.807) is 22.7 Å². The van der Waals surface area contributed by atoms with Crippen LogP contribution in [-0.2, 0) is 6.42 Å². The molecule has 5 heteroatoms. The van der Waals surface area contributed by atoms with Crippen LogP contribution in [0.2, 0.25) is 0 Å². The normalized spacial score (nSPS) is 12.9. The lowest BCUT2D eigenvalue weighted by molar-refractivity contribution is 0.862. The van der Waals surface area contributed by atoms with E-state index in [-0.39, 0.29) is 0 Å². The molecule has 2 rings (SSSR count). The van der Waals surface area contributed by atoms with Gasteiger partial charge in [0.05, 0.1) is 4.83 Å². The van der Waals surface area contributed by atoms with Gasteiger partial charge in [-0.25, -0.2) is 0 Å². The van der Waals surface area contributed by atoms with Crippen molar-refractivity contribution in [2.45, 2.75) is 24.6 Å². The van der Waals surface area contributed by atoms with Crippen molar-refractivity contribution < 1.29 is 0 Å². The summed E-state index contributed by atoms with van der Waals surface area (Å²) in [6, 6.07) is 4.21. The summed E-state index contributed by atoms with van der Waals surface area (Å²) in [6.45, 7) is 2.14. The third-order valence-electron chi connectivity index (χ3n) is 2.01. The Morgan fingerprint density at radius 3 is 3.00 bits per heavy atom. The van der Waals surface area contributed by atoms with Crippen LogP contribution in [0.15, 0.2) is 17.5 Å². The summed E-state index contributed by atoms with van der Waals surface area (Å²) in [5.41, 5.74) is 0. The van der Waals surface area contributed by atoms with Crippen LogP contribution in [0.3, 0.4) is 0 Å². The largest absolute Gasteiger partial charge is 0.148 e. The zero-order valence-electron chi connectivity index (χ0n) is 8.31. The molecule has 0 aliphatic rings. The minimum atomic E-state index is 0.354. The predicted octanol–water partition coefficient (Wildman–Crippen LogP) is 4.04. The number of alkyl halides is 1. The molecule has 0 bridgehead atoms. The van der Waals surface area contributed by atoms with Crippen LogP contribution in [-0.4, -0.2) is 10.2 Å². The second kappa shape index (κ2) is 5.18. The fraction of sp³-hybridized carbons (Fsp3) is 0.400. The van der Waals surface area contributed by atoms with Gasteiger partial charge >= 0.3 is 0 Å². The number of rotatable bonds is 4. The Labute approximate surface area is 106 Å². The Morgan fingerprint density at radius 1 is 1.47 bits per heavy atom. The van der Waals surface area contributed by atoms with Crippen molar-refractivity contribution in [3.63, 3.8) is 0 Å². The third-order valence-corrected chi connectivity index (χ3v) is 5.31. The summed E-state index contributed by atoms with van der Waals surface area (Å²) in [7, 11) is 0. The summed E-state index contributed by atoms with van der Waals surface area (Å²) in [4.78, 5) is 1.70. The summed E-state index contributed by atoms with van der Waals surface area (Å²) >= 11 is 7.06. The van der Waals surface area contributed by atoms with Crippen LogP contribution in [0.5, 0.6) is 0 Å². The number of thiophene rings is 1. The highest BCUT2D eigenvalue weighted by Crippen LogP contribution is 2.29. The summed E-state index contributed by atoms with van der Waals surface area (Å²) < 4.78 is 0. The number of hydrogen-bond acceptors (Lipinski definition) is 4. The molecule has 0 spiro atoms. The van der Waals surface area contributed by atoms with Gasteiger partial charge in [-0.3, -0.25) is 0 Å². The van der Waals surface area contributed by atoms with Crippen molar-refractivity contribution in [1.29, 1.82) is 0 Å². The Kier molecular flexibility index (Phi) is 3.88. The van der Waals surface area contributed by atoms with Crippen molar-refractivity contribution in [3.8, 4) is 0 Å². The van der Waals surface area contributed by atoms with E-state index in [9.17, 15) is 0 Å². The van der Waals surface area contributed by atoms with Crippen LogP contribution in [0.1, 0.15) is 33.1 Å². The van der Waals surface area contributed by atoms with Crippen LogP contribution in [0, 0.1) is 0 Å². The minimum Gasteiger partial charge on any atom is -0.148 e. The first-order chi connectivity index (χ1) is 7.29. The molecule has 0 fully saturated rings. The maximum atomic E-state index is 4.21. The molecule has 2 aromatic rings. The monoisotopic (exact) mass is 302 g/mol. The molecule has 0 aromatic carbocycles. The van der Waals surface area contributed by atoms with E-state index in [2.05, 4.69) is 50.6 Å². The number of hydrogen-bond donors (Lipinski definition) is 0. The van der Waals surface area contributed by atoms with Crippen molar-refractivity contribution in [1.82, 2.24) is 10.2 Å². The maximum Gasteiger partial charge on any atom is 0.131 e. The van der Waals surface area contributed by atoms with E-state index in [0.717, 1.165) is 22.9 Å². The van der Waals surface area contributed by atoms with Gasteiger partial charge in [0.2, 0.25) is 0 Å². The first-order valence-corrected chi connectivity index (χ1v) is 7.39. The average molecular weight is 303 g/mol. The zero-order valence-corrected chi connectivity index (χ0v) is 11.5. The van der Waals surface area contributed by atoms with Gasteiger partial charge < -0.3 is 0 Å². The predicted molar refractivity (Wildman–Crippen MR) is 69.0 cm³/mol. The van der Waals surface area contributed by atoms with E-state index < -0.39 is 0 Å². The number of halogens is 1.